The fourth-order valence-electron chi connectivity index (χ4n) is 1.78. The van der Waals surface area contributed by atoms with Crippen LogP contribution in [0.5, 0.6) is 17.2 Å². The van der Waals surface area contributed by atoms with Gasteiger partial charge in [-0.2, -0.15) is 13.2 Å². The molecule has 19 heavy (non-hydrogen) atoms. The first kappa shape index (κ1) is 13.8. The Morgan fingerprint density at radius 2 is 2.00 bits per heavy atom. The maximum absolute atomic E-state index is 12.3. The molecule has 1 atom stereocenters. The summed E-state index contributed by atoms with van der Waals surface area (Å²) in [7, 11) is 1.39. The van der Waals surface area contributed by atoms with Gasteiger partial charge in [0, 0.05) is 6.42 Å². The van der Waals surface area contributed by atoms with Crippen molar-refractivity contribution < 1.29 is 32.5 Å². The minimum Gasteiger partial charge on any atom is -0.493 e. The number of alkyl halides is 3. The Morgan fingerprint density at radius 1 is 1.32 bits per heavy atom. The smallest absolute Gasteiger partial charge is 0.414 e. The quantitative estimate of drug-likeness (QED) is 0.917. The van der Waals surface area contributed by atoms with Crippen LogP contribution >= 0.6 is 0 Å². The molecular weight excluding hydrogens is 265 g/mol. The molecule has 1 aliphatic heterocycles. The Hall–Kier alpha value is -1.63. The number of methoxy groups -OCH3 is 1. The Morgan fingerprint density at radius 3 is 2.63 bits per heavy atom. The molecule has 0 amide bonds. The third-order valence-electron chi connectivity index (χ3n) is 2.69. The molecule has 0 aliphatic carbocycles. The van der Waals surface area contributed by atoms with Gasteiger partial charge in [0.2, 0.25) is 5.75 Å². The average Bonchev–Trinajstić information content (AvgIpc) is 2.36. The van der Waals surface area contributed by atoms with E-state index in [1.165, 1.54) is 19.2 Å². The first-order valence-electron chi connectivity index (χ1n) is 5.63. The highest BCUT2D eigenvalue weighted by atomic mass is 19.4. The average molecular weight is 278 g/mol. The zero-order chi connectivity index (χ0) is 14.0. The van der Waals surface area contributed by atoms with Crippen LogP contribution < -0.4 is 14.2 Å². The molecule has 1 heterocycles. The van der Waals surface area contributed by atoms with Gasteiger partial charge in [0.25, 0.3) is 0 Å². The van der Waals surface area contributed by atoms with Gasteiger partial charge in [-0.1, -0.05) is 0 Å². The van der Waals surface area contributed by atoms with E-state index in [2.05, 4.69) is 0 Å². The molecule has 0 aromatic heterocycles. The van der Waals surface area contributed by atoms with Crippen molar-refractivity contribution in [1.82, 2.24) is 0 Å². The Balaban J connectivity index is 2.27. The van der Waals surface area contributed by atoms with E-state index >= 15 is 0 Å². The molecular formula is C12H13F3O4. The summed E-state index contributed by atoms with van der Waals surface area (Å²) in [4.78, 5) is 0. The summed E-state index contributed by atoms with van der Waals surface area (Å²) in [5, 5.41) is 9.07. The van der Waals surface area contributed by atoms with Crippen molar-refractivity contribution in [2.75, 3.05) is 20.3 Å². The van der Waals surface area contributed by atoms with Crippen LogP contribution in [0.4, 0.5) is 13.2 Å². The Labute approximate surface area is 107 Å². The first-order chi connectivity index (χ1) is 8.91. The third-order valence-corrected chi connectivity index (χ3v) is 2.69. The number of benzene rings is 1. The lowest BCUT2D eigenvalue weighted by Crippen LogP contribution is -2.30. The van der Waals surface area contributed by atoms with E-state index in [0.29, 0.717) is 30.5 Å². The van der Waals surface area contributed by atoms with Crippen molar-refractivity contribution in [3.05, 3.63) is 17.7 Å². The number of hydrogen-bond acceptors (Lipinski definition) is 4. The second kappa shape index (κ2) is 5.16. The fraction of sp³-hybridized carbons (Fsp3) is 0.500. The van der Waals surface area contributed by atoms with Crippen LogP contribution in [-0.2, 0) is 6.42 Å². The summed E-state index contributed by atoms with van der Waals surface area (Å²) in [6, 6.07) is 2.83. The van der Waals surface area contributed by atoms with Crippen molar-refractivity contribution in [2.45, 2.75) is 18.7 Å². The molecule has 0 saturated carbocycles. The van der Waals surface area contributed by atoms with Gasteiger partial charge < -0.3 is 19.3 Å². The first-order valence-corrected chi connectivity index (χ1v) is 5.63. The van der Waals surface area contributed by atoms with E-state index in [1.807, 2.05) is 0 Å². The van der Waals surface area contributed by atoms with Crippen LogP contribution in [0.25, 0.3) is 0 Å². The molecule has 1 unspecified atom stereocenters. The van der Waals surface area contributed by atoms with E-state index in [1.54, 1.807) is 0 Å². The van der Waals surface area contributed by atoms with E-state index in [-0.39, 0.29) is 5.56 Å². The maximum atomic E-state index is 12.3. The van der Waals surface area contributed by atoms with Crippen LogP contribution in [-0.4, -0.2) is 37.7 Å². The molecule has 1 aromatic carbocycles. The number of fused-ring (bicyclic) bond motifs is 1. The lowest BCUT2D eigenvalue weighted by Gasteiger charge is -2.22. The van der Waals surface area contributed by atoms with Gasteiger partial charge in [0.15, 0.2) is 17.6 Å². The molecule has 0 fully saturated rings. The van der Waals surface area contributed by atoms with Crippen molar-refractivity contribution in [1.29, 1.82) is 0 Å². The molecule has 1 N–H and O–H groups in total. The highest BCUT2D eigenvalue weighted by Gasteiger charge is 2.38. The molecule has 0 radical (unpaired) electrons. The summed E-state index contributed by atoms with van der Waals surface area (Å²) < 4.78 is 52.7. The van der Waals surface area contributed by atoms with Crippen LogP contribution in [0, 0.1) is 0 Å². The van der Waals surface area contributed by atoms with Gasteiger partial charge in [0.05, 0.1) is 7.11 Å². The Bertz CT molecular complexity index is 442. The van der Waals surface area contributed by atoms with Gasteiger partial charge in [-0.05, 0) is 17.7 Å². The summed E-state index contributed by atoms with van der Waals surface area (Å²) in [5.41, 5.74) is 0.269. The summed E-state index contributed by atoms with van der Waals surface area (Å²) in [5.74, 6) is 0.996. The maximum Gasteiger partial charge on any atom is 0.414 e. The van der Waals surface area contributed by atoms with Crippen LogP contribution in [0.3, 0.4) is 0 Å². The number of aliphatic hydroxyl groups is 1. The van der Waals surface area contributed by atoms with Gasteiger partial charge >= 0.3 is 6.18 Å². The minimum absolute atomic E-state index is 0.269. The zero-order valence-electron chi connectivity index (χ0n) is 10.2. The number of halogens is 3. The molecule has 1 aromatic rings. The predicted molar refractivity (Wildman–Crippen MR) is 59.7 cm³/mol. The molecule has 1 aliphatic rings. The fourth-order valence-corrected chi connectivity index (χ4v) is 1.78. The standard InChI is InChI=1S/C12H13F3O4/c1-17-8-4-7(6-10(16)12(13,14)15)5-9-11(8)19-3-2-18-9/h4-5,10,16H,2-3,6H2,1H3. The molecule has 2 rings (SSSR count). The van der Waals surface area contributed by atoms with Crippen molar-refractivity contribution in [2.24, 2.45) is 0 Å². The summed E-state index contributed by atoms with van der Waals surface area (Å²) in [6.45, 7) is 0.676. The predicted octanol–water partition coefficient (Wildman–Crippen LogP) is 1.93. The largest absolute Gasteiger partial charge is 0.493 e. The van der Waals surface area contributed by atoms with Crippen molar-refractivity contribution >= 4 is 0 Å². The number of aliphatic hydroxyl groups excluding tert-OH is 1. The summed E-state index contributed by atoms with van der Waals surface area (Å²) >= 11 is 0. The van der Waals surface area contributed by atoms with Crippen molar-refractivity contribution in [3.63, 3.8) is 0 Å². The zero-order valence-corrected chi connectivity index (χ0v) is 10.2. The SMILES string of the molecule is COc1cc(CC(O)C(F)(F)F)cc2c1OCCO2. The highest BCUT2D eigenvalue weighted by Crippen LogP contribution is 2.41. The van der Waals surface area contributed by atoms with Crippen LogP contribution in [0.2, 0.25) is 0 Å². The molecule has 0 saturated heterocycles. The monoisotopic (exact) mass is 278 g/mol. The van der Waals surface area contributed by atoms with Crippen LogP contribution in [0.15, 0.2) is 12.1 Å². The van der Waals surface area contributed by atoms with Gasteiger partial charge in [-0.3, -0.25) is 0 Å². The van der Waals surface area contributed by atoms with Gasteiger partial charge in [0.1, 0.15) is 13.2 Å². The van der Waals surface area contributed by atoms with E-state index < -0.39 is 18.7 Å². The summed E-state index contributed by atoms with van der Waals surface area (Å²) in [6.07, 6.45) is -7.63. The molecule has 4 nitrogen and oxygen atoms in total. The number of rotatable bonds is 3. The van der Waals surface area contributed by atoms with Crippen LogP contribution in [0.1, 0.15) is 5.56 Å². The van der Waals surface area contributed by atoms with E-state index in [0.717, 1.165) is 0 Å². The molecule has 106 valence electrons. The number of ether oxygens (including phenoxy) is 3. The van der Waals surface area contributed by atoms with Gasteiger partial charge in [-0.15, -0.1) is 0 Å². The second-order valence-corrected chi connectivity index (χ2v) is 4.08. The normalized spacial score (nSPS) is 16.1. The molecule has 0 bridgehead atoms. The highest BCUT2D eigenvalue weighted by molar-refractivity contribution is 5.54. The Kier molecular flexibility index (Phi) is 3.75. The van der Waals surface area contributed by atoms with Crippen molar-refractivity contribution in [3.8, 4) is 17.2 Å². The lowest BCUT2D eigenvalue weighted by atomic mass is 10.1. The van der Waals surface area contributed by atoms with E-state index in [9.17, 15) is 13.2 Å². The molecule has 7 heteroatoms. The van der Waals surface area contributed by atoms with E-state index in [4.69, 9.17) is 19.3 Å². The second-order valence-electron chi connectivity index (χ2n) is 4.08. The number of hydrogen-bond donors (Lipinski definition) is 1. The van der Waals surface area contributed by atoms with Gasteiger partial charge in [-0.25, -0.2) is 0 Å². The minimum atomic E-state index is -4.65. The molecule has 0 spiro atoms. The topological polar surface area (TPSA) is 47.9 Å². The lowest BCUT2D eigenvalue weighted by molar-refractivity contribution is -0.203. The third kappa shape index (κ3) is 3.04.